The summed E-state index contributed by atoms with van der Waals surface area (Å²) in [6.07, 6.45) is 0. The summed E-state index contributed by atoms with van der Waals surface area (Å²) < 4.78 is 5.41. The molecule has 0 aliphatic carbocycles. The van der Waals surface area contributed by atoms with Gasteiger partial charge in [0.25, 0.3) is 5.91 Å². The van der Waals surface area contributed by atoms with Crippen LogP contribution in [0, 0.1) is 6.92 Å². The van der Waals surface area contributed by atoms with Crippen molar-refractivity contribution in [2.45, 2.75) is 33.7 Å². The molecule has 0 aromatic heterocycles. The molecule has 0 atom stereocenters. The topological polar surface area (TPSA) is 55.4 Å². The molecule has 0 unspecified atom stereocenters. The number of amides is 1. The Bertz CT molecular complexity index is 452. The highest BCUT2D eigenvalue weighted by Crippen LogP contribution is 2.20. The molecular weight excluding hydrogens is 230 g/mol. The number of aryl methyl sites for hydroxylation is 1. The second-order valence-electron chi connectivity index (χ2n) is 4.57. The number of Topliss-reactive ketones (excluding diaryl/α,β-unsaturated/α-hetero) is 1. The highest BCUT2D eigenvalue weighted by atomic mass is 16.5. The van der Waals surface area contributed by atoms with Crippen LogP contribution in [0.1, 0.15) is 36.7 Å². The van der Waals surface area contributed by atoms with Gasteiger partial charge in [-0.3, -0.25) is 9.59 Å². The van der Waals surface area contributed by atoms with Crippen molar-refractivity contribution < 1.29 is 14.3 Å². The molecule has 0 bridgehead atoms. The van der Waals surface area contributed by atoms with Crippen molar-refractivity contribution in [3.05, 3.63) is 29.3 Å². The molecule has 18 heavy (non-hydrogen) atoms. The number of nitrogens with one attached hydrogen (secondary N) is 1. The van der Waals surface area contributed by atoms with Gasteiger partial charge in [0.1, 0.15) is 5.75 Å². The molecule has 1 aromatic carbocycles. The zero-order chi connectivity index (χ0) is 13.7. The summed E-state index contributed by atoms with van der Waals surface area (Å²) >= 11 is 0. The fourth-order valence-electron chi connectivity index (χ4n) is 1.55. The molecule has 98 valence electrons. The van der Waals surface area contributed by atoms with Crippen molar-refractivity contribution in [1.82, 2.24) is 5.32 Å². The van der Waals surface area contributed by atoms with Crippen LogP contribution in [0.15, 0.2) is 18.2 Å². The monoisotopic (exact) mass is 249 g/mol. The molecule has 0 spiro atoms. The number of hydrogen-bond acceptors (Lipinski definition) is 3. The molecule has 1 aromatic rings. The van der Waals surface area contributed by atoms with E-state index in [4.69, 9.17) is 4.74 Å². The first-order chi connectivity index (χ1) is 8.40. The highest BCUT2D eigenvalue weighted by Gasteiger charge is 2.11. The molecule has 4 heteroatoms. The second-order valence-corrected chi connectivity index (χ2v) is 4.57. The lowest BCUT2D eigenvalue weighted by molar-refractivity contribution is -0.123. The van der Waals surface area contributed by atoms with E-state index in [1.165, 1.54) is 6.92 Å². The summed E-state index contributed by atoms with van der Waals surface area (Å²) in [6, 6.07) is 5.40. The largest absolute Gasteiger partial charge is 0.483 e. The van der Waals surface area contributed by atoms with Gasteiger partial charge in [-0.15, -0.1) is 0 Å². The number of carbonyl (C=O) groups excluding carboxylic acids is 2. The van der Waals surface area contributed by atoms with Crippen LogP contribution in [-0.4, -0.2) is 24.3 Å². The summed E-state index contributed by atoms with van der Waals surface area (Å²) in [5.41, 5.74) is 1.48. The molecule has 0 aliphatic heterocycles. The van der Waals surface area contributed by atoms with Crippen molar-refractivity contribution in [2.75, 3.05) is 6.61 Å². The van der Waals surface area contributed by atoms with E-state index in [1.54, 1.807) is 12.1 Å². The fourth-order valence-corrected chi connectivity index (χ4v) is 1.55. The number of ketones is 1. The van der Waals surface area contributed by atoms with Crippen molar-refractivity contribution in [2.24, 2.45) is 0 Å². The molecule has 0 heterocycles. The van der Waals surface area contributed by atoms with Crippen LogP contribution in [0.5, 0.6) is 5.75 Å². The summed E-state index contributed by atoms with van der Waals surface area (Å²) in [7, 11) is 0. The third-order valence-electron chi connectivity index (χ3n) is 2.32. The SMILES string of the molecule is CC(=O)c1ccc(C)cc1OCC(=O)NC(C)C. The summed E-state index contributed by atoms with van der Waals surface area (Å²) in [5, 5.41) is 2.73. The van der Waals surface area contributed by atoms with Crippen LogP contribution < -0.4 is 10.1 Å². The number of benzene rings is 1. The fraction of sp³-hybridized carbons (Fsp3) is 0.429. The zero-order valence-corrected chi connectivity index (χ0v) is 11.2. The van der Waals surface area contributed by atoms with Crippen LogP contribution in [0.4, 0.5) is 0 Å². The quantitative estimate of drug-likeness (QED) is 0.813. The van der Waals surface area contributed by atoms with E-state index < -0.39 is 0 Å². The van der Waals surface area contributed by atoms with Crippen LogP contribution in [0.2, 0.25) is 0 Å². The van der Waals surface area contributed by atoms with Gasteiger partial charge in [-0.1, -0.05) is 6.07 Å². The van der Waals surface area contributed by atoms with E-state index in [2.05, 4.69) is 5.32 Å². The number of ether oxygens (including phenoxy) is 1. The van der Waals surface area contributed by atoms with E-state index in [-0.39, 0.29) is 24.3 Å². The van der Waals surface area contributed by atoms with E-state index in [9.17, 15) is 9.59 Å². The highest BCUT2D eigenvalue weighted by molar-refractivity contribution is 5.97. The van der Waals surface area contributed by atoms with Crippen molar-refractivity contribution >= 4 is 11.7 Å². The average molecular weight is 249 g/mol. The Kier molecular flexibility index (Phi) is 4.89. The van der Waals surface area contributed by atoms with Crippen molar-refractivity contribution in [1.29, 1.82) is 0 Å². The molecule has 0 aliphatic rings. The van der Waals surface area contributed by atoms with E-state index >= 15 is 0 Å². The lowest BCUT2D eigenvalue weighted by atomic mass is 10.1. The Morgan fingerprint density at radius 3 is 2.56 bits per heavy atom. The van der Waals surface area contributed by atoms with Gasteiger partial charge in [0, 0.05) is 6.04 Å². The Labute approximate surface area is 107 Å². The smallest absolute Gasteiger partial charge is 0.258 e. The number of hydrogen-bond donors (Lipinski definition) is 1. The first-order valence-corrected chi connectivity index (χ1v) is 5.94. The lowest BCUT2D eigenvalue weighted by Gasteiger charge is -2.12. The predicted molar refractivity (Wildman–Crippen MR) is 70.0 cm³/mol. The molecular formula is C14H19NO3. The third kappa shape index (κ3) is 4.20. The molecule has 1 N–H and O–H groups in total. The minimum atomic E-state index is -0.194. The van der Waals surface area contributed by atoms with E-state index in [0.717, 1.165) is 5.56 Å². The summed E-state index contributed by atoms with van der Waals surface area (Å²) in [6.45, 7) is 7.07. The van der Waals surface area contributed by atoms with Gasteiger partial charge >= 0.3 is 0 Å². The maximum atomic E-state index is 11.5. The van der Waals surface area contributed by atoms with Gasteiger partial charge in [-0.05, 0) is 45.4 Å². The van der Waals surface area contributed by atoms with Crippen LogP contribution in [0.25, 0.3) is 0 Å². The zero-order valence-electron chi connectivity index (χ0n) is 11.2. The minimum Gasteiger partial charge on any atom is -0.483 e. The molecule has 1 amide bonds. The van der Waals surface area contributed by atoms with Crippen LogP contribution in [0.3, 0.4) is 0 Å². The van der Waals surface area contributed by atoms with Crippen LogP contribution >= 0.6 is 0 Å². The predicted octanol–water partition coefficient (Wildman–Crippen LogP) is 2.10. The van der Waals surface area contributed by atoms with Crippen molar-refractivity contribution in [3.8, 4) is 5.75 Å². The third-order valence-corrected chi connectivity index (χ3v) is 2.32. The van der Waals surface area contributed by atoms with Crippen LogP contribution in [-0.2, 0) is 4.79 Å². The van der Waals surface area contributed by atoms with Gasteiger partial charge in [0.15, 0.2) is 12.4 Å². The number of carbonyl (C=O) groups is 2. The molecule has 1 rings (SSSR count). The summed E-state index contributed by atoms with van der Waals surface area (Å²) in [5.74, 6) is 0.191. The Hall–Kier alpha value is -1.84. The first-order valence-electron chi connectivity index (χ1n) is 5.94. The standard InChI is InChI=1S/C14H19NO3/c1-9(2)15-14(17)8-18-13-7-10(3)5-6-12(13)11(4)16/h5-7,9H,8H2,1-4H3,(H,15,17). The van der Waals surface area contributed by atoms with Gasteiger partial charge in [0.05, 0.1) is 5.56 Å². The maximum absolute atomic E-state index is 11.5. The maximum Gasteiger partial charge on any atom is 0.258 e. The molecule has 4 nitrogen and oxygen atoms in total. The van der Waals surface area contributed by atoms with Gasteiger partial charge in [-0.2, -0.15) is 0 Å². The Morgan fingerprint density at radius 2 is 2.00 bits per heavy atom. The second kappa shape index (κ2) is 6.19. The summed E-state index contributed by atoms with van der Waals surface area (Å²) in [4.78, 5) is 22.9. The molecule has 0 fully saturated rings. The first kappa shape index (κ1) is 14.2. The molecule has 0 saturated carbocycles. The van der Waals surface area contributed by atoms with Gasteiger partial charge in [-0.25, -0.2) is 0 Å². The molecule has 0 radical (unpaired) electrons. The molecule has 0 saturated heterocycles. The van der Waals surface area contributed by atoms with Crippen molar-refractivity contribution in [3.63, 3.8) is 0 Å². The van der Waals surface area contributed by atoms with E-state index in [0.29, 0.717) is 11.3 Å². The van der Waals surface area contributed by atoms with Gasteiger partial charge in [0.2, 0.25) is 0 Å². The van der Waals surface area contributed by atoms with Gasteiger partial charge < -0.3 is 10.1 Å². The minimum absolute atomic E-state index is 0.0748. The normalized spacial score (nSPS) is 10.3. The van der Waals surface area contributed by atoms with E-state index in [1.807, 2.05) is 26.8 Å². The Morgan fingerprint density at radius 1 is 1.33 bits per heavy atom. The Balaban J connectivity index is 2.74. The average Bonchev–Trinajstić information content (AvgIpc) is 2.25. The number of rotatable bonds is 5. The lowest BCUT2D eigenvalue weighted by Crippen LogP contribution is -2.34.